The van der Waals surface area contributed by atoms with Crippen LogP contribution in [-0.2, 0) is 0 Å². The lowest BCUT2D eigenvalue weighted by atomic mass is 10.1. The highest BCUT2D eigenvalue weighted by Gasteiger charge is 2.00. The molecule has 18 heavy (non-hydrogen) atoms. The van der Waals surface area contributed by atoms with E-state index in [1.54, 1.807) is 12.4 Å². The summed E-state index contributed by atoms with van der Waals surface area (Å²) < 4.78 is 2.00. The summed E-state index contributed by atoms with van der Waals surface area (Å²) in [6.45, 7) is 0. The van der Waals surface area contributed by atoms with Crippen molar-refractivity contribution in [1.29, 1.82) is 0 Å². The molecular formula is C14H12N4. The van der Waals surface area contributed by atoms with Crippen molar-refractivity contribution in [3.63, 3.8) is 0 Å². The summed E-state index contributed by atoms with van der Waals surface area (Å²) in [6.07, 6.45) is 7.42. The molecule has 0 radical (unpaired) electrons. The van der Waals surface area contributed by atoms with Gasteiger partial charge in [-0.3, -0.25) is 0 Å². The summed E-state index contributed by atoms with van der Waals surface area (Å²) in [6, 6.07) is 12.1. The van der Waals surface area contributed by atoms with E-state index >= 15 is 0 Å². The number of aromatic nitrogens is 2. The van der Waals surface area contributed by atoms with Crippen LogP contribution in [0, 0.1) is 0 Å². The summed E-state index contributed by atoms with van der Waals surface area (Å²) in [5.74, 6) is 5.12. The van der Waals surface area contributed by atoms with Gasteiger partial charge in [0, 0.05) is 18.6 Å². The SMILES string of the molecule is NN=Cc1ccc(-c2ccc3nccn3c2)cc1. The Morgan fingerprint density at radius 2 is 1.83 bits per heavy atom. The molecule has 0 atom stereocenters. The number of hydrogen-bond donors (Lipinski definition) is 1. The number of benzene rings is 1. The van der Waals surface area contributed by atoms with E-state index in [0.29, 0.717) is 0 Å². The smallest absolute Gasteiger partial charge is 0.136 e. The monoisotopic (exact) mass is 236 g/mol. The van der Waals surface area contributed by atoms with Crippen molar-refractivity contribution >= 4 is 11.9 Å². The molecule has 0 saturated carbocycles. The van der Waals surface area contributed by atoms with Gasteiger partial charge >= 0.3 is 0 Å². The second-order valence-electron chi connectivity index (χ2n) is 4.01. The zero-order valence-corrected chi connectivity index (χ0v) is 9.69. The van der Waals surface area contributed by atoms with Crippen LogP contribution in [0.15, 0.2) is 60.1 Å². The standard InChI is InChI=1S/C14H12N4/c15-17-9-11-1-3-12(4-2-11)13-5-6-14-16-7-8-18(14)10-13/h1-10H,15H2. The molecule has 0 bridgehead atoms. The average Bonchev–Trinajstić information content (AvgIpc) is 2.87. The van der Waals surface area contributed by atoms with Crippen LogP contribution >= 0.6 is 0 Å². The normalized spacial score (nSPS) is 11.3. The third-order valence-corrected chi connectivity index (χ3v) is 2.86. The van der Waals surface area contributed by atoms with E-state index in [1.165, 1.54) is 0 Å². The first-order valence-electron chi connectivity index (χ1n) is 5.63. The van der Waals surface area contributed by atoms with Crippen LogP contribution in [0.25, 0.3) is 16.8 Å². The fourth-order valence-electron chi connectivity index (χ4n) is 1.94. The zero-order chi connectivity index (χ0) is 12.4. The number of hydrazone groups is 1. The van der Waals surface area contributed by atoms with Crippen LogP contribution in [-0.4, -0.2) is 15.6 Å². The highest BCUT2D eigenvalue weighted by Crippen LogP contribution is 2.20. The maximum absolute atomic E-state index is 5.12. The molecule has 0 spiro atoms. The largest absolute Gasteiger partial charge is 0.323 e. The summed E-state index contributed by atoms with van der Waals surface area (Å²) in [4.78, 5) is 4.22. The zero-order valence-electron chi connectivity index (χ0n) is 9.69. The van der Waals surface area contributed by atoms with Gasteiger partial charge < -0.3 is 10.2 Å². The number of nitrogens with zero attached hydrogens (tertiary/aromatic N) is 3. The molecule has 2 heterocycles. The van der Waals surface area contributed by atoms with Gasteiger partial charge in [0.1, 0.15) is 5.65 Å². The summed E-state index contributed by atoms with van der Waals surface area (Å²) in [5, 5.41) is 3.50. The molecule has 0 aliphatic rings. The second kappa shape index (κ2) is 4.33. The van der Waals surface area contributed by atoms with Crippen LogP contribution in [0.4, 0.5) is 0 Å². The molecular weight excluding hydrogens is 224 g/mol. The van der Waals surface area contributed by atoms with Gasteiger partial charge in [0.05, 0.1) is 6.21 Å². The van der Waals surface area contributed by atoms with Crippen LogP contribution in [0.3, 0.4) is 0 Å². The van der Waals surface area contributed by atoms with Gasteiger partial charge in [0.15, 0.2) is 0 Å². The molecule has 0 aliphatic heterocycles. The fraction of sp³-hybridized carbons (Fsp3) is 0. The molecule has 4 nitrogen and oxygen atoms in total. The van der Waals surface area contributed by atoms with Crippen molar-refractivity contribution in [3.8, 4) is 11.1 Å². The van der Waals surface area contributed by atoms with Crippen molar-refractivity contribution in [3.05, 3.63) is 60.6 Å². The maximum Gasteiger partial charge on any atom is 0.136 e. The van der Waals surface area contributed by atoms with E-state index in [1.807, 2.05) is 28.8 Å². The Labute approximate surface area is 104 Å². The predicted molar refractivity (Wildman–Crippen MR) is 72.4 cm³/mol. The molecule has 3 rings (SSSR count). The highest BCUT2D eigenvalue weighted by molar-refractivity contribution is 5.80. The minimum atomic E-state index is 0.950. The van der Waals surface area contributed by atoms with E-state index in [2.05, 4.69) is 34.5 Å². The topological polar surface area (TPSA) is 55.7 Å². The number of rotatable bonds is 2. The number of nitrogens with two attached hydrogens (primary N) is 1. The van der Waals surface area contributed by atoms with E-state index in [0.717, 1.165) is 22.3 Å². The Morgan fingerprint density at radius 1 is 1.06 bits per heavy atom. The van der Waals surface area contributed by atoms with E-state index in [-0.39, 0.29) is 0 Å². The molecule has 0 amide bonds. The number of fused-ring (bicyclic) bond motifs is 1. The van der Waals surface area contributed by atoms with Gasteiger partial charge in [0.25, 0.3) is 0 Å². The minimum Gasteiger partial charge on any atom is -0.323 e. The molecule has 3 aromatic rings. The fourth-order valence-corrected chi connectivity index (χ4v) is 1.94. The molecule has 2 aromatic heterocycles. The van der Waals surface area contributed by atoms with Crippen molar-refractivity contribution < 1.29 is 0 Å². The lowest BCUT2D eigenvalue weighted by molar-refractivity contribution is 1.19. The van der Waals surface area contributed by atoms with Crippen LogP contribution < -0.4 is 5.84 Å². The highest BCUT2D eigenvalue weighted by atomic mass is 15.1. The van der Waals surface area contributed by atoms with Crippen LogP contribution in [0.1, 0.15) is 5.56 Å². The van der Waals surface area contributed by atoms with Gasteiger partial charge in [-0.15, -0.1) is 0 Å². The Kier molecular flexibility index (Phi) is 2.53. The predicted octanol–water partition coefficient (Wildman–Crippen LogP) is 2.29. The second-order valence-corrected chi connectivity index (χ2v) is 4.01. The summed E-state index contributed by atoms with van der Waals surface area (Å²) in [7, 11) is 0. The van der Waals surface area contributed by atoms with Gasteiger partial charge in [-0.2, -0.15) is 5.10 Å². The molecule has 4 heteroatoms. The van der Waals surface area contributed by atoms with Crippen molar-refractivity contribution in [2.75, 3.05) is 0 Å². The van der Waals surface area contributed by atoms with Gasteiger partial charge in [0.2, 0.25) is 0 Å². The number of pyridine rings is 1. The Hall–Kier alpha value is -2.62. The first-order valence-corrected chi connectivity index (χ1v) is 5.63. The van der Waals surface area contributed by atoms with Crippen LogP contribution in [0.5, 0.6) is 0 Å². The van der Waals surface area contributed by atoms with E-state index in [9.17, 15) is 0 Å². The summed E-state index contributed by atoms with van der Waals surface area (Å²) >= 11 is 0. The van der Waals surface area contributed by atoms with Crippen molar-refractivity contribution in [1.82, 2.24) is 9.38 Å². The van der Waals surface area contributed by atoms with E-state index in [4.69, 9.17) is 5.84 Å². The van der Waals surface area contributed by atoms with Crippen molar-refractivity contribution in [2.45, 2.75) is 0 Å². The Morgan fingerprint density at radius 3 is 2.61 bits per heavy atom. The summed E-state index contributed by atoms with van der Waals surface area (Å²) in [5.41, 5.74) is 4.24. The third-order valence-electron chi connectivity index (χ3n) is 2.86. The third kappa shape index (κ3) is 1.84. The van der Waals surface area contributed by atoms with Gasteiger partial charge in [-0.1, -0.05) is 24.3 Å². The maximum atomic E-state index is 5.12. The molecule has 1 aromatic carbocycles. The Bertz CT molecular complexity index is 695. The molecule has 0 saturated heterocycles. The molecule has 0 unspecified atom stereocenters. The average molecular weight is 236 g/mol. The number of imidazole rings is 1. The molecule has 88 valence electrons. The molecule has 0 fully saturated rings. The van der Waals surface area contributed by atoms with Crippen molar-refractivity contribution in [2.24, 2.45) is 10.9 Å². The van der Waals surface area contributed by atoms with Gasteiger partial charge in [-0.25, -0.2) is 4.98 Å². The quantitative estimate of drug-likeness (QED) is 0.421. The van der Waals surface area contributed by atoms with E-state index < -0.39 is 0 Å². The Balaban J connectivity index is 2.02. The lowest BCUT2D eigenvalue weighted by Crippen LogP contribution is -1.88. The van der Waals surface area contributed by atoms with Gasteiger partial charge in [-0.05, 0) is 28.8 Å². The number of hydrogen-bond acceptors (Lipinski definition) is 3. The first kappa shape index (κ1) is 10.5. The molecule has 2 N–H and O–H groups in total. The minimum absolute atomic E-state index is 0.950. The first-order chi connectivity index (χ1) is 8.86. The van der Waals surface area contributed by atoms with Crippen LogP contribution in [0.2, 0.25) is 0 Å². The lowest BCUT2D eigenvalue weighted by Gasteiger charge is -2.03. The molecule has 0 aliphatic carbocycles.